The lowest BCUT2D eigenvalue weighted by Gasteiger charge is -2.03. The summed E-state index contributed by atoms with van der Waals surface area (Å²) in [4.78, 5) is 7.89. The van der Waals surface area contributed by atoms with Crippen LogP contribution in [0.3, 0.4) is 0 Å². The van der Waals surface area contributed by atoms with E-state index >= 15 is 0 Å². The molecule has 0 aromatic carbocycles. The molecular weight excluding hydrogens is 220 g/mol. The smallest absolute Gasteiger partial charge is 0.319 e. The molecule has 0 fully saturated rings. The van der Waals surface area contributed by atoms with E-state index in [1.165, 1.54) is 20.4 Å². The Bertz CT molecular complexity index is 461. The van der Waals surface area contributed by atoms with Gasteiger partial charge in [0.25, 0.3) is 0 Å². The molecule has 1 atom stereocenters. The second kappa shape index (κ2) is 6.51. The van der Waals surface area contributed by atoms with E-state index < -0.39 is 6.10 Å². The number of hydrogen-bond donors (Lipinski definition) is 1. The monoisotopic (exact) mass is 234 g/mol. The largest absolute Gasteiger partial charge is 0.480 e. The van der Waals surface area contributed by atoms with Gasteiger partial charge in [-0.05, 0) is 13.0 Å². The van der Waals surface area contributed by atoms with Crippen LogP contribution in [-0.2, 0) is 0 Å². The molecule has 1 rings (SSSR count). The van der Waals surface area contributed by atoms with E-state index in [2.05, 4.69) is 21.8 Å². The predicted octanol–water partition coefficient (Wildman–Crippen LogP) is 0.782. The van der Waals surface area contributed by atoms with Crippen molar-refractivity contribution in [3.8, 4) is 23.7 Å². The average molecular weight is 234 g/mol. The molecule has 0 saturated carbocycles. The zero-order valence-electron chi connectivity index (χ0n) is 9.97. The van der Waals surface area contributed by atoms with Crippen molar-refractivity contribution in [2.24, 2.45) is 0 Å². The Morgan fingerprint density at radius 3 is 2.76 bits per heavy atom. The van der Waals surface area contributed by atoms with Crippen molar-refractivity contribution in [1.82, 2.24) is 9.97 Å². The van der Waals surface area contributed by atoms with Crippen molar-refractivity contribution in [2.75, 3.05) is 14.2 Å². The van der Waals surface area contributed by atoms with Crippen molar-refractivity contribution in [3.05, 3.63) is 23.9 Å². The Morgan fingerprint density at radius 2 is 2.18 bits per heavy atom. The van der Waals surface area contributed by atoms with Crippen molar-refractivity contribution in [2.45, 2.75) is 13.0 Å². The summed E-state index contributed by atoms with van der Waals surface area (Å²) in [6, 6.07) is 0.210. The number of aromatic nitrogens is 2. The fourth-order valence-electron chi connectivity index (χ4n) is 1.07. The number of rotatable bonds is 3. The molecule has 5 heteroatoms. The third-order valence-corrected chi connectivity index (χ3v) is 1.84. The topological polar surface area (TPSA) is 64.5 Å². The quantitative estimate of drug-likeness (QED) is 0.618. The Hall–Kier alpha value is -2.06. The maximum absolute atomic E-state index is 9.41. The van der Waals surface area contributed by atoms with Gasteiger partial charge in [-0.1, -0.05) is 17.9 Å². The molecule has 0 radical (unpaired) electrons. The Balaban J connectivity index is 2.98. The summed E-state index contributed by atoms with van der Waals surface area (Å²) in [5.74, 6) is 5.69. The molecule has 90 valence electrons. The highest BCUT2D eigenvalue weighted by Crippen LogP contribution is 2.15. The average Bonchev–Trinajstić information content (AvgIpc) is 2.36. The summed E-state index contributed by atoms with van der Waals surface area (Å²) in [7, 11) is 2.95. The van der Waals surface area contributed by atoms with Gasteiger partial charge in [-0.2, -0.15) is 4.98 Å². The molecule has 0 spiro atoms. The van der Waals surface area contributed by atoms with E-state index in [4.69, 9.17) is 9.47 Å². The van der Waals surface area contributed by atoms with Gasteiger partial charge in [0.1, 0.15) is 11.7 Å². The molecule has 0 aliphatic rings. The fraction of sp³-hybridized carbons (Fsp3) is 0.333. The van der Waals surface area contributed by atoms with Gasteiger partial charge in [0, 0.05) is 0 Å². The van der Waals surface area contributed by atoms with Crippen LogP contribution in [0, 0.1) is 11.8 Å². The summed E-state index contributed by atoms with van der Waals surface area (Å²) in [6.07, 6.45) is 3.97. The second-order valence-electron chi connectivity index (χ2n) is 3.02. The van der Waals surface area contributed by atoms with E-state index in [1.807, 2.05) is 6.92 Å². The van der Waals surface area contributed by atoms with E-state index in [0.29, 0.717) is 11.4 Å². The number of ether oxygens (including phenoxy) is 2. The summed E-state index contributed by atoms with van der Waals surface area (Å²) in [5, 5.41) is 9.41. The first-order chi connectivity index (χ1) is 8.21. The molecule has 0 aliphatic carbocycles. The Morgan fingerprint density at radius 1 is 1.41 bits per heavy atom. The number of nitrogens with zero attached hydrogens (tertiary/aromatic N) is 2. The summed E-state index contributed by atoms with van der Waals surface area (Å²) >= 11 is 0. The number of aliphatic hydroxyl groups excluding tert-OH is 1. The van der Waals surface area contributed by atoms with Crippen LogP contribution in [0.15, 0.2) is 18.3 Å². The molecule has 0 saturated heterocycles. The lowest BCUT2D eigenvalue weighted by molar-refractivity contribution is 0.280. The lowest BCUT2D eigenvalue weighted by Crippen LogP contribution is -1.99. The maximum Gasteiger partial charge on any atom is 0.319 e. The molecule has 5 nitrogen and oxygen atoms in total. The van der Waals surface area contributed by atoms with Gasteiger partial charge in [-0.3, -0.25) is 0 Å². The molecule has 1 N–H and O–H groups in total. The summed E-state index contributed by atoms with van der Waals surface area (Å²) in [5.41, 5.74) is 0.497. The highest BCUT2D eigenvalue weighted by atomic mass is 16.5. The summed E-state index contributed by atoms with van der Waals surface area (Å²) < 4.78 is 9.91. The molecule has 1 heterocycles. The standard InChI is InChI=1S/C12H14N2O3/c1-4-5-10(15)7-6-9-8-13-12(17-3)14-11(9)16-2/h4-5,8,10,15H,1-3H3/b5-4+. The van der Waals surface area contributed by atoms with Crippen LogP contribution >= 0.6 is 0 Å². The molecule has 0 aliphatic heterocycles. The normalized spacial score (nSPS) is 11.8. The SMILES string of the molecule is C/C=C/C(O)C#Cc1cnc(OC)nc1OC. The summed E-state index contributed by atoms with van der Waals surface area (Å²) in [6.45, 7) is 1.81. The predicted molar refractivity (Wildman–Crippen MR) is 62.8 cm³/mol. The van der Waals surface area contributed by atoms with Gasteiger partial charge in [-0.15, -0.1) is 0 Å². The Labute approximate surface area is 100 Å². The van der Waals surface area contributed by atoms with E-state index in [-0.39, 0.29) is 6.01 Å². The van der Waals surface area contributed by atoms with Crippen LogP contribution in [0.5, 0.6) is 11.9 Å². The van der Waals surface area contributed by atoms with Crippen LogP contribution < -0.4 is 9.47 Å². The van der Waals surface area contributed by atoms with Gasteiger partial charge < -0.3 is 14.6 Å². The number of methoxy groups -OCH3 is 2. The van der Waals surface area contributed by atoms with Crippen LogP contribution in [0.1, 0.15) is 12.5 Å². The van der Waals surface area contributed by atoms with Crippen molar-refractivity contribution >= 4 is 0 Å². The Kier molecular flexibility index (Phi) is 4.98. The van der Waals surface area contributed by atoms with Gasteiger partial charge in [-0.25, -0.2) is 4.98 Å². The third kappa shape index (κ3) is 3.78. The van der Waals surface area contributed by atoms with Gasteiger partial charge in [0.15, 0.2) is 0 Å². The van der Waals surface area contributed by atoms with Gasteiger partial charge in [0.2, 0.25) is 5.88 Å². The van der Waals surface area contributed by atoms with E-state index in [1.54, 1.807) is 12.2 Å². The number of aliphatic hydroxyl groups is 1. The van der Waals surface area contributed by atoms with E-state index in [0.717, 1.165) is 0 Å². The first kappa shape index (κ1) is 13.0. The zero-order chi connectivity index (χ0) is 12.7. The van der Waals surface area contributed by atoms with Crippen LogP contribution in [0.25, 0.3) is 0 Å². The lowest BCUT2D eigenvalue weighted by atomic mass is 10.2. The molecule has 0 amide bonds. The molecule has 17 heavy (non-hydrogen) atoms. The molecular formula is C12H14N2O3. The molecule has 1 unspecified atom stereocenters. The zero-order valence-corrected chi connectivity index (χ0v) is 9.97. The maximum atomic E-state index is 9.41. The number of hydrogen-bond acceptors (Lipinski definition) is 5. The van der Waals surface area contributed by atoms with Crippen LogP contribution in [0.2, 0.25) is 0 Å². The second-order valence-corrected chi connectivity index (χ2v) is 3.02. The minimum Gasteiger partial charge on any atom is -0.480 e. The first-order valence-electron chi connectivity index (χ1n) is 4.98. The molecule has 0 bridgehead atoms. The first-order valence-corrected chi connectivity index (χ1v) is 4.98. The van der Waals surface area contributed by atoms with Gasteiger partial charge >= 0.3 is 6.01 Å². The molecule has 1 aromatic rings. The van der Waals surface area contributed by atoms with Crippen molar-refractivity contribution in [1.29, 1.82) is 0 Å². The van der Waals surface area contributed by atoms with Crippen molar-refractivity contribution < 1.29 is 14.6 Å². The highest BCUT2D eigenvalue weighted by molar-refractivity contribution is 5.41. The molecule has 1 aromatic heterocycles. The minimum absolute atomic E-state index is 0.210. The van der Waals surface area contributed by atoms with Gasteiger partial charge in [0.05, 0.1) is 20.4 Å². The van der Waals surface area contributed by atoms with Crippen molar-refractivity contribution in [3.63, 3.8) is 0 Å². The van der Waals surface area contributed by atoms with E-state index in [9.17, 15) is 5.11 Å². The third-order valence-electron chi connectivity index (χ3n) is 1.84. The highest BCUT2D eigenvalue weighted by Gasteiger charge is 2.05. The van der Waals surface area contributed by atoms with Crippen LogP contribution in [0.4, 0.5) is 0 Å². The van der Waals surface area contributed by atoms with Crippen LogP contribution in [-0.4, -0.2) is 35.4 Å². The number of allylic oxidation sites excluding steroid dienone is 1. The minimum atomic E-state index is -0.813. The fourth-order valence-corrected chi connectivity index (χ4v) is 1.07.